The molecule has 2 aromatic rings. The standard InChI is InChI=1S/C19H23NOS/c1-19(2,3)12-14-8-10-16(11-9-14)21-13-15-6-4-5-7-17(15)18(20)22/h4-11H,12-13H2,1-3H3,(H2,20,22). The highest BCUT2D eigenvalue weighted by Crippen LogP contribution is 2.22. The summed E-state index contributed by atoms with van der Waals surface area (Å²) in [6.45, 7) is 7.18. The molecule has 0 saturated carbocycles. The summed E-state index contributed by atoms with van der Waals surface area (Å²) in [5.74, 6) is 0.857. The van der Waals surface area contributed by atoms with Crippen molar-refractivity contribution < 1.29 is 4.74 Å². The van der Waals surface area contributed by atoms with Gasteiger partial charge in [0, 0.05) is 5.56 Å². The Kier molecular flexibility index (Phi) is 5.19. The predicted molar refractivity (Wildman–Crippen MR) is 96.3 cm³/mol. The second kappa shape index (κ2) is 6.93. The maximum absolute atomic E-state index is 5.85. The Bertz CT molecular complexity index is 641. The summed E-state index contributed by atoms with van der Waals surface area (Å²) in [6, 6.07) is 16.1. The zero-order valence-corrected chi connectivity index (χ0v) is 14.2. The lowest BCUT2D eigenvalue weighted by atomic mass is 9.88. The van der Waals surface area contributed by atoms with Crippen LogP contribution < -0.4 is 10.5 Å². The lowest BCUT2D eigenvalue weighted by Gasteiger charge is -2.18. The smallest absolute Gasteiger partial charge is 0.119 e. The normalized spacial score (nSPS) is 11.2. The largest absolute Gasteiger partial charge is 0.489 e. The first-order chi connectivity index (χ1) is 10.3. The van der Waals surface area contributed by atoms with Crippen molar-refractivity contribution in [2.24, 2.45) is 11.1 Å². The Morgan fingerprint density at radius 3 is 2.27 bits per heavy atom. The van der Waals surface area contributed by atoms with Crippen LogP contribution in [-0.4, -0.2) is 4.99 Å². The monoisotopic (exact) mass is 313 g/mol. The van der Waals surface area contributed by atoms with Crippen LogP contribution in [0.4, 0.5) is 0 Å². The van der Waals surface area contributed by atoms with Crippen LogP contribution in [-0.2, 0) is 13.0 Å². The van der Waals surface area contributed by atoms with E-state index in [0.29, 0.717) is 11.6 Å². The molecule has 2 N–H and O–H groups in total. The topological polar surface area (TPSA) is 35.2 Å². The Balaban J connectivity index is 2.02. The lowest BCUT2D eigenvalue weighted by molar-refractivity contribution is 0.306. The fourth-order valence-electron chi connectivity index (χ4n) is 2.36. The molecular formula is C19H23NOS. The van der Waals surface area contributed by atoms with E-state index < -0.39 is 0 Å². The molecule has 2 rings (SSSR count). The van der Waals surface area contributed by atoms with E-state index in [2.05, 4.69) is 32.9 Å². The predicted octanol–water partition coefficient (Wildman–Crippen LogP) is 4.49. The van der Waals surface area contributed by atoms with Crippen LogP contribution >= 0.6 is 12.2 Å². The summed E-state index contributed by atoms with van der Waals surface area (Å²) < 4.78 is 5.85. The first-order valence-corrected chi connectivity index (χ1v) is 7.85. The molecule has 3 heteroatoms. The maximum Gasteiger partial charge on any atom is 0.119 e. The molecule has 22 heavy (non-hydrogen) atoms. The van der Waals surface area contributed by atoms with E-state index >= 15 is 0 Å². The molecule has 0 spiro atoms. The minimum absolute atomic E-state index is 0.290. The second-order valence-corrected chi connectivity index (χ2v) is 7.13. The van der Waals surface area contributed by atoms with Gasteiger partial charge in [-0.15, -0.1) is 0 Å². The number of benzene rings is 2. The molecule has 2 aromatic carbocycles. The van der Waals surface area contributed by atoms with Crippen molar-refractivity contribution in [2.45, 2.75) is 33.8 Å². The van der Waals surface area contributed by atoms with Crippen LogP contribution in [0, 0.1) is 5.41 Å². The molecule has 0 heterocycles. The SMILES string of the molecule is CC(C)(C)Cc1ccc(OCc2ccccc2C(N)=S)cc1. The molecule has 0 unspecified atom stereocenters. The van der Waals surface area contributed by atoms with Gasteiger partial charge in [0.25, 0.3) is 0 Å². The van der Waals surface area contributed by atoms with E-state index in [1.165, 1.54) is 5.56 Å². The molecule has 2 nitrogen and oxygen atoms in total. The van der Waals surface area contributed by atoms with E-state index in [1.54, 1.807) is 0 Å². The average Bonchev–Trinajstić information content (AvgIpc) is 2.45. The number of hydrogen-bond acceptors (Lipinski definition) is 2. The van der Waals surface area contributed by atoms with Gasteiger partial charge in [0.2, 0.25) is 0 Å². The van der Waals surface area contributed by atoms with Gasteiger partial charge in [-0.3, -0.25) is 0 Å². The summed E-state index contributed by atoms with van der Waals surface area (Å²) in [5, 5.41) is 0. The number of hydrogen-bond donors (Lipinski definition) is 1. The van der Waals surface area contributed by atoms with Crippen LogP contribution in [0.25, 0.3) is 0 Å². The quantitative estimate of drug-likeness (QED) is 0.826. The Hall–Kier alpha value is -1.87. The van der Waals surface area contributed by atoms with Crippen LogP contribution in [0.5, 0.6) is 5.75 Å². The number of ether oxygens (including phenoxy) is 1. The first kappa shape index (κ1) is 16.5. The Morgan fingerprint density at radius 1 is 1.05 bits per heavy atom. The van der Waals surface area contributed by atoms with Crippen molar-refractivity contribution in [1.82, 2.24) is 0 Å². The first-order valence-electron chi connectivity index (χ1n) is 7.44. The molecule has 0 fully saturated rings. The van der Waals surface area contributed by atoms with Crippen molar-refractivity contribution in [3.05, 3.63) is 65.2 Å². The van der Waals surface area contributed by atoms with Gasteiger partial charge in [-0.2, -0.15) is 0 Å². The average molecular weight is 313 g/mol. The molecule has 0 radical (unpaired) electrons. The molecule has 0 aliphatic carbocycles. The van der Waals surface area contributed by atoms with E-state index in [1.807, 2.05) is 36.4 Å². The molecule has 0 aliphatic heterocycles. The lowest BCUT2D eigenvalue weighted by Crippen LogP contribution is -2.13. The third-order valence-electron chi connectivity index (χ3n) is 3.33. The van der Waals surface area contributed by atoms with Gasteiger partial charge in [-0.25, -0.2) is 0 Å². The minimum atomic E-state index is 0.290. The third kappa shape index (κ3) is 4.85. The van der Waals surface area contributed by atoms with Crippen molar-refractivity contribution in [2.75, 3.05) is 0 Å². The fourth-order valence-corrected chi connectivity index (χ4v) is 2.56. The molecule has 0 aromatic heterocycles. The van der Waals surface area contributed by atoms with Gasteiger partial charge in [0.1, 0.15) is 17.3 Å². The van der Waals surface area contributed by atoms with Crippen LogP contribution in [0.2, 0.25) is 0 Å². The van der Waals surface area contributed by atoms with Crippen LogP contribution in [0.3, 0.4) is 0 Å². The second-order valence-electron chi connectivity index (χ2n) is 6.69. The Morgan fingerprint density at radius 2 is 1.68 bits per heavy atom. The number of rotatable bonds is 5. The van der Waals surface area contributed by atoms with E-state index in [9.17, 15) is 0 Å². The van der Waals surface area contributed by atoms with Crippen molar-refractivity contribution >= 4 is 17.2 Å². The van der Waals surface area contributed by atoms with E-state index in [0.717, 1.165) is 23.3 Å². The number of thiocarbonyl (C=S) groups is 1. The van der Waals surface area contributed by atoms with Crippen LogP contribution in [0.1, 0.15) is 37.5 Å². The number of nitrogens with two attached hydrogens (primary N) is 1. The van der Waals surface area contributed by atoms with Gasteiger partial charge < -0.3 is 10.5 Å². The summed E-state index contributed by atoms with van der Waals surface area (Å²) >= 11 is 5.07. The minimum Gasteiger partial charge on any atom is -0.489 e. The summed E-state index contributed by atoms with van der Waals surface area (Å²) in [7, 11) is 0. The molecule has 116 valence electrons. The summed E-state index contributed by atoms with van der Waals surface area (Å²) in [5.41, 5.74) is 9.24. The molecule has 0 atom stereocenters. The van der Waals surface area contributed by atoms with Gasteiger partial charge in [-0.1, -0.05) is 69.4 Å². The van der Waals surface area contributed by atoms with Gasteiger partial charge in [0.15, 0.2) is 0 Å². The highest BCUT2D eigenvalue weighted by Gasteiger charge is 2.11. The highest BCUT2D eigenvalue weighted by atomic mass is 32.1. The van der Waals surface area contributed by atoms with Crippen LogP contribution in [0.15, 0.2) is 48.5 Å². The molecule has 0 amide bonds. The third-order valence-corrected chi connectivity index (χ3v) is 3.55. The van der Waals surface area contributed by atoms with Crippen molar-refractivity contribution in [3.8, 4) is 5.75 Å². The highest BCUT2D eigenvalue weighted by molar-refractivity contribution is 7.80. The fraction of sp³-hybridized carbons (Fsp3) is 0.316. The molecule has 0 bridgehead atoms. The molecule has 0 saturated heterocycles. The zero-order chi connectivity index (χ0) is 16.2. The Labute approximate surface area is 138 Å². The van der Waals surface area contributed by atoms with Crippen molar-refractivity contribution in [3.63, 3.8) is 0 Å². The van der Waals surface area contributed by atoms with Gasteiger partial charge >= 0.3 is 0 Å². The van der Waals surface area contributed by atoms with E-state index in [-0.39, 0.29) is 5.41 Å². The van der Waals surface area contributed by atoms with E-state index in [4.69, 9.17) is 22.7 Å². The van der Waals surface area contributed by atoms with Gasteiger partial charge in [-0.05, 0) is 35.1 Å². The van der Waals surface area contributed by atoms with Gasteiger partial charge in [0.05, 0.1) is 0 Å². The molecular weight excluding hydrogens is 290 g/mol. The molecule has 0 aliphatic rings. The zero-order valence-electron chi connectivity index (χ0n) is 13.4. The van der Waals surface area contributed by atoms with Crippen molar-refractivity contribution in [1.29, 1.82) is 0 Å². The summed E-state index contributed by atoms with van der Waals surface area (Å²) in [4.78, 5) is 0.403. The summed E-state index contributed by atoms with van der Waals surface area (Å²) in [6.07, 6.45) is 1.05. The maximum atomic E-state index is 5.85.